The lowest BCUT2D eigenvalue weighted by Crippen LogP contribution is -2.05. The molecule has 1 aromatic carbocycles. The van der Waals surface area contributed by atoms with Crippen molar-refractivity contribution in [3.63, 3.8) is 0 Å². The van der Waals surface area contributed by atoms with Crippen molar-refractivity contribution < 1.29 is 14.3 Å². The van der Waals surface area contributed by atoms with Gasteiger partial charge in [-0.1, -0.05) is 6.92 Å². The summed E-state index contributed by atoms with van der Waals surface area (Å²) in [5.41, 5.74) is 1.49. The van der Waals surface area contributed by atoms with Gasteiger partial charge in [-0.2, -0.15) is 0 Å². The van der Waals surface area contributed by atoms with Gasteiger partial charge in [0.05, 0.1) is 17.0 Å². The summed E-state index contributed by atoms with van der Waals surface area (Å²) in [6, 6.07) is 4.54. The van der Waals surface area contributed by atoms with Crippen LogP contribution < -0.4 is 0 Å². The normalized spacial score (nSPS) is 21.8. The van der Waals surface area contributed by atoms with Gasteiger partial charge in [0.2, 0.25) is 0 Å². The van der Waals surface area contributed by atoms with Crippen LogP contribution in [-0.4, -0.2) is 20.6 Å². The highest BCUT2D eigenvalue weighted by atomic mass is 19.1. The molecule has 1 aromatic heterocycles. The molecule has 2 unspecified atom stereocenters. The molecule has 4 nitrogen and oxygen atoms in total. The van der Waals surface area contributed by atoms with E-state index in [1.165, 1.54) is 12.1 Å². The van der Waals surface area contributed by atoms with Gasteiger partial charge in [0.1, 0.15) is 11.6 Å². The van der Waals surface area contributed by atoms with Crippen LogP contribution in [0.25, 0.3) is 11.0 Å². The quantitative estimate of drug-likeness (QED) is 0.921. The van der Waals surface area contributed by atoms with Gasteiger partial charge >= 0.3 is 5.97 Å². The molecule has 0 radical (unpaired) electrons. The Bertz CT molecular complexity index is 650. The minimum absolute atomic E-state index is 0.0282. The van der Waals surface area contributed by atoms with Gasteiger partial charge in [0.15, 0.2) is 0 Å². The number of imidazole rings is 1. The van der Waals surface area contributed by atoms with E-state index in [1.54, 1.807) is 6.07 Å². The largest absolute Gasteiger partial charge is 0.481 e. The third kappa shape index (κ3) is 1.99. The van der Waals surface area contributed by atoms with E-state index >= 15 is 0 Å². The molecule has 1 saturated carbocycles. The Kier molecular flexibility index (Phi) is 2.77. The molecule has 2 aromatic rings. The molecular weight excluding hydrogens is 247 g/mol. The van der Waals surface area contributed by atoms with Crippen LogP contribution in [0.4, 0.5) is 4.39 Å². The van der Waals surface area contributed by atoms with Crippen LogP contribution in [0.15, 0.2) is 18.2 Å². The SMILES string of the molecule is CCCn1c(C2CC2C(=O)O)nc2cc(F)ccc21. The van der Waals surface area contributed by atoms with Crippen LogP contribution >= 0.6 is 0 Å². The fourth-order valence-corrected chi connectivity index (χ4v) is 2.62. The minimum atomic E-state index is -0.772. The van der Waals surface area contributed by atoms with Crippen LogP contribution in [0.2, 0.25) is 0 Å². The highest BCUT2D eigenvalue weighted by Gasteiger charge is 2.47. The number of aliphatic carboxylic acids is 1. The summed E-state index contributed by atoms with van der Waals surface area (Å²) >= 11 is 0. The Balaban J connectivity index is 2.08. The molecule has 19 heavy (non-hydrogen) atoms. The number of hydrogen-bond donors (Lipinski definition) is 1. The van der Waals surface area contributed by atoms with Crippen LogP contribution in [-0.2, 0) is 11.3 Å². The summed E-state index contributed by atoms with van der Waals surface area (Å²) in [4.78, 5) is 15.4. The lowest BCUT2D eigenvalue weighted by molar-refractivity contribution is -0.138. The maximum absolute atomic E-state index is 13.2. The molecule has 0 spiro atoms. The standard InChI is InChI=1S/C14H15FN2O2/c1-2-5-17-12-4-3-8(15)6-11(12)16-13(17)9-7-10(9)14(18)19/h3-4,6,9-10H,2,5,7H2,1H3,(H,18,19). The number of aryl methyl sites for hydroxylation is 1. The first-order valence-electron chi connectivity index (χ1n) is 6.50. The van der Waals surface area contributed by atoms with Crippen molar-refractivity contribution in [3.8, 4) is 0 Å². The molecule has 3 rings (SSSR count). The van der Waals surface area contributed by atoms with Crippen molar-refractivity contribution in [1.82, 2.24) is 9.55 Å². The molecule has 0 saturated heterocycles. The molecule has 2 atom stereocenters. The lowest BCUT2D eigenvalue weighted by Gasteiger charge is -2.06. The Hall–Kier alpha value is -1.91. The number of carboxylic acids is 1. The van der Waals surface area contributed by atoms with Gasteiger partial charge in [0.25, 0.3) is 0 Å². The van der Waals surface area contributed by atoms with Crippen molar-refractivity contribution in [2.24, 2.45) is 5.92 Å². The second-order valence-corrected chi connectivity index (χ2v) is 5.04. The number of carboxylic acid groups (broad SMARTS) is 1. The third-order valence-corrected chi connectivity index (χ3v) is 3.63. The van der Waals surface area contributed by atoms with Gasteiger partial charge in [-0.3, -0.25) is 4.79 Å². The van der Waals surface area contributed by atoms with Gasteiger partial charge < -0.3 is 9.67 Å². The van der Waals surface area contributed by atoms with E-state index in [2.05, 4.69) is 11.9 Å². The number of aromatic nitrogens is 2. The molecule has 0 amide bonds. The predicted octanol–water partition coefficient (Wildman–Crippen LogP) is 2.77. The van der Waals surface area contributed by atoms with E-state index in [9.17, 15) is 9.18 Å². The van der Waals surface area contributed by atoms with Crippen LogP contribution in [0.3, 0.4) is 0 Å². The van der Waals surface area contributed by atoms with Crippen molar-refractivity contribution in [2.75, 3.05) is 0 Å². The number of carbonyl (C=O) groups is 1. The highest BCUT2D eigenvalue weighted by molar-refractivity contribution is 5.78. The van der Waals surface area contributed by atoms with Crippen LogP contribution in [0, 0.1) is 11.7 Å². The maximum atomic E-state index is 13.2. The summed E-state index contributed by atoms with van der Waals surface area (Å²) in [6.45, 7) is 2.83. The van der Waals surface area contributed by atoms with E-state index in [1.807, 2.05) is 4.57 Å². The van der Waals surface area contributed by atoms with Crippen molar-refractivity contribution in [2.45, 2.75) is 32.2 Å². The number of hydrogen-bond acceptors (Lipinski definition) is 2. The second-order valence-electron chi connectivity index (χ2n) is 5.04. The van der Waals surface area contributed by atoms with Crippen molar-refractivity contribution >= 4 is 17.0 Å². The van der Waals surface area contributed by atoms with E-state index in [-0.39, 0.29) is 17.7 Å². The predicted molar refractivity (Wildman–Crippen MR) is 68.5 cm³/mol. The fraction of sp³-hybridized carbons (Fsp3) is 0.429. The first-order valence-corrected chi connectivity index (χ1v) is 6.50. The van der Waals surface area contributed by atoms with Gasteiger partial charge in [-0.15, -0.1) is 0 Å². The zero-order valence-corrected chi connectivity index (χ0v) is 10.6. The first kappa shape index (κ1) is 12.1. The van der Waals surface area contributed by atoms with E-state index in [0.717, 1.165) is 24.3 Å². The Morgan fingerprint density at radius 1 is 1.58 bits per heavy atom. The molecule has 1 fully saturated rings. The summed E-state index contributed by atoms with van der Waals surface area (Å²) in [5.74, 6) is -0.663. The summed E-state index contributed by atoms with van der Waals surface area (Å²) in [7, 11) is 0. The Morgan fingerprint density at radius 2 is 2.37 bits per heavy atom. The number of nitrogens with zero attached hydrogens (tertiary/aromatic N) is 2. The van der Waals surface area contributed by atoms with Gasteiger partial charge in [-0.05, 0) is 25.0 Å². The molecule has 0 aliphatic heterocycles. The highest BCUT2D eigenvalue weighted by Crippen LogP contribution is 2.47. The average molecular weight is 262 g/mol. The second kappa shape index (κ2) is 4.33. The van der Waals surface area contributed by atoms with E-state index < -0.39 is 5.97 Å². The Labute approximate surface area is 109 Å². The molecule has 5 heteroatoms. The lowest BCUT2D eigenvalue weighted by atomic mass is 10.3. The summed E-state index contributed by atoms with van der Waals surface area (Å²) in [6.07, 6.45) is 1.56. The minimum Gasteiger partial charge on any atom is -0.481 e. The third-order valence-electron chi connectivity index (χ3n) is 3.63. The number of fused-ring (bicyclic) bond motifs is 1. The van der Waals surface area contributed by atoms with Crippen molar-refractivity contribution in [1.29, 1.82) is 0 Å². The summed E-state index contributed by atoms with van der Waals surface area (Å²) in [5, 5.41) is 9.03. The number of rotatable bonds is 4. The van der Waals surface area contributed by atoms with Crippen LogP contribution in [0.5, 0.6) is 0 Å². The molecule has 1 N–H and O–H groups in total. The smallest absolute Gasteiger partial charge is 0.307 e. The molecular formula is C14H15FN2O2. The number of halogens is 1. The van der Waals surface area contributed by atoms with Crippen LogP contribution in [0.1, 0.15) is 31.5 Å². The van der Waals surface area contributed by atoms with Crippen molar-refractivity contribution in [3.05, 3.63) is 29.8 Å². The zero-order valence-electron chi connectivity index (χ0n) is 10.6. The van der Waals surface area contributed by atoms with Gasteiger partial charge in [-0.25, -0.2) is 9.37 Å². The van der Waals surface area contributed by atoms with E-state index in [0.29, 0.717) is 11.9 Å². The fourth-order valence-electron chi connectivity index (χ4n) is 2.62. The molecule has 1 aliphatic rings. The number of benzene rings is 1. The molecule has 100 valence electrons. The zero-order chi connectivity index (χ0) is 13.6. The maximum Gasteiger partial charge on any atom is 0.307 e. The molecule has 1 heterocycles. The first-order chi connectivity index (χ1) is 9.11. The molecule has 0 bridgehead atoms. The summed E-state index contributed by atoms with van der Waals surface area (Å²) < 4.78 is 15.3. The topological polar surface area (TPSA) is 55.1 Å². The van der Waals surface area contributed by atoms with Gasteiger partial charge in [0, 0.05) is 18.5 Å². The van der Waals surface area contributed by atoms with E-state index in [4.69, 9.17) is 5.11 Å². The average Bonchev–Trinajstić information content (AvgIpc) is 3.08. The Morgan fingerprint density at radius 3 is 3.00 bits per heavy atom. The molecule has 1 aliphatic carbocycles. The monoisotopic (exact) mass is 262 g/mol.